The number of rotatable bonds is 6. The molecule has 142 valence electrons. The first-order valence-electron chi connectivity index (χ1n) is 8.90. The molecule has 2 rings (SSSR count). The lowest BCUT2D eigenvalue weighted by molar-refractivity contribution is 0.222. The van der Waals surface area contributed by atoms with Gasteiger partial charge in [0.2, 0.25) is 0 Å². The minimum Gasteiger partial charge on any atom is -0.494 e. The lowest BCUT2D eigenvalue weighted by Gasteiger charge is -2.39. The first-order valence-corrected chi connectivity index (χ1v) is 13.0. The minimum atomic E-state index is -2.01. The summed E-state index contributed by atoms with van der Waals surface area (Å²) in [7, 11) is -2.01. The normalized spacial score (nSPS) is 13.5. The van der Waals surface area contributed by atoms with Gasteiger partial charge in [-0.3, -0.25) is 0 Å². The molecule has 2 nitrogen and oxygen atoms in total. The van der Waals surface area contributed by atoms with E-state index in [1.54, 1.807) is 0 Å². The lowest BCUT2D eigenvalue weighted by atomic mass is 10.0. The summed E-state index contributed by atoms with van der Waals surface area (Å²) in [5.41, 5.74) is 2.06. The van der Waals surface area contributed by atoms with Crippen LogP contribution in [0.15, 0.2) is 46.9 Å². The summed E-state index contributed by atoms with van der Waals surface area (Å²) in [5.74, 6) is 0.864. The van der Waals surface area contributed by atoms with Gasteiger partial charge in [-0.1, -0.05) is 60.4 Å². The van der Waals surface area contributed by atoms with Gasteiger partial charge < -0.3 is 9.16 Å². The molecule has 2 aromatic carbocycles. The number of benzene rings is 2. The van der Waals surface area contributed by atoms with Crippen LogP contribution in [0.4, 0.5) is 0 Å². The molecule has 1 atom stereocenters. The molecule has 0 N–H and O–H groups in total. The molecule has 0 amide bonds. The van der Waals surface area contributed by atoms with Crippen molar-refractivity contribution in [1.82, 2.24) is 0 Å². The molecular weight excluding hydrogens is 428 g/mol. The Kier molecular flexibility index (Phi) is 7.00. The largest absolute Gasteiger partial charge is 0.494 e. The Bertz CT molecular complexity index is 739. The van der Waals surface area contributed by atoms with E-state index in [0.29, 0.717) is 11.6 Å². The molecule has 2 aromatic rings. The summed E-state index contributed by atoms with van der Waals surface area (Å²) >= 11 is 10.1. The molecule has 26 heavy (non-hydrogen) atoms. The van der Waals surface area contributed by atoms with Crippen molar-refractivity contribution in [2.75, 3.05) is 6.61 Å². The highest BCUT2D eigenvalue weighted by atomic mass is 79.9. The van der Waals surface area contributed by atoms with Gasteiger partial charge in [0.15, 0.2) is 8.32 Å². The minimum absolute atomic E-state index is 0.106. The maximum Gasteiger partial charge on any atom is 0.193 e. The van der Waals surface area contributed by atoms with Crippen molar-refractivity contribution in [1.29, 1.82) is 0 Å². The molecule has 0 spiro atoms. The van der Waals surface area contributed by atoms with E-state index in [0.717, 1.165) is 21.3 Å². The molecule has 5 heteroatoms. The smallest absolute Gasteiger partial charge is 0.193 e. The highest BCUT2D eigenvalue weighted by Crippen LogP contribution is 2.43. The van der Waals surface area contributed by atoms with Crippen molar-refractivity contribution in [2.24, 2.45) is 0 Å². The average Bonchev–Trinajstić information content (AvgIpc) is 2.55. The van der Waals surface area contributed by atoms with Crippen molar-refractivity contribution >= 4 is 35.8 Å². The first kappa shape index (κ1) is 21.5. The summed E-state index contributed by atoms with van der Waals surface area (Å²) < 4.78 is 13.4. The summed E-state index contributed by atoms with van der Waals surface area (Å²) in [6.45, 7) is 13.9. The van der Waals surface area contributed by atoms with E-state index in [2.05, 4.69) is 68.0 Å². The Hall–Kier alpha value is -0.813. The predicted octanol–water partition coefficient (Wildman–Crippen LogP) is 7.61. The lowest BCUT2D eigenvalue weighted by Crippen LogP contribution is -2.42. The molecule has 1 unspecified atom stereocenters. The van der Waals surface area contributed by atoms with Gasteiger partial charge in [-0.2, -0.15) is 0 Å². The summed E-state index contributed by atoms with van der Waals surface area (Å²) in [6, 6.07) is 14.0. The SMILES string of the molecule is CCOc1ccc(C(O[Si](C)(C)C(C)(C)C)c2cc(Br)ccc2Cl)cc1. The van der Waals surface area contributed by atoms with E-state index in [-0.39, 0.29) is 11.1 Å². The molecule has 0 radical (unpaired) electrons. The zero-order chi connectivity index (χ0) is 19.5. The molecule has 0 heterocycles. The zero-order valence-electron chi connectivity index (χ0n) is 16.4. The molecular formula is C21H28BrClO2Si. The van der Waals surface area contributed by atoms with Crippen LogP contribution in [0.3, 0.4) is 0 Å². The van der Waals surface area contributed by atoms with Gasteiger partial charge >= 0.3 is 0 Å². The Morgan fingerprint density at radius 1 is 1.08 bits per heavy atom. The number of halogens is 2. The van der Waals surface area contributed by atoms with E-state index in [1.165, 1.54) is 0 Å². The van der Waals surface area contributed by atoms with Crippen molar-refractivity contribution in [3.63, 3.8) is 0 Å². The van der Waals surface area contributed by atoms with Crippen molar-refractivity contribution < 1.29 is 9.16 Å². The second kappa shape index (κ2) is 8.47. The summed E-state index contributed by atoms with van der Waals surface area (Å²) in [6.07, 6.45) is -0.212. The van der Waals surface area contributed by atoms with E-state index in [4.69, 9.17) is 20.8 Å². The maximum absolute atomic E-state index is 6.80. The Balaban J connectivity index is 2.49. The summed E-state index contributed by atoms with van der Waals surface area (Å²) in [5, 5.41) is 0.820. The Morgan fingerprint density at radius 3 is 2.23 bits per heavy atom. The number of hydrogen-bond donors (Lipinski definition) is 0. The number of ether oxygens (including phenoxy) is 1. The molecule has 0 aromatic heterocycles. The van der Waals surface area contributed by atoms with Crippen LogP contribution in [0.5, 0.6) is 5.75 Å². The first-order chi connectivity index (χ1) is 12.0. The van der Waals surface area contributed by atoms with Crippen LogP contribution < -0.4 is 4.74 Å². The van der Waals surface area contributed by atoms with Gasteiger partial charge in [-0.15, -0.1) is 0 Å². The van der Waals surface area contributed by atoms with Crippen LogP contribution in [0.25, 0.3) is 0 Å². The highest BCUT2D eigenvalue weighted by Gasteiger charge is 2.40. The van der Waals surface area contributed by atoms with Gasteiger partial charge in [0.05, 0.1) is 12.7 Å². The van der Waals surface area contributed by atoms with Crippen LogP contribution >= 0.6 is 27.5 Å². The number of hydrogen-bond acceptors (Lipinski definition) is 2. The fourth-order valence-electron chi connectivity index (χ4n) is 2.40. The quantitative estimate of drug-likeness (QED) is 0.417. The topological polar surface area (TPSA) is 18.5 Å². The highest BCUT2D eigenvalue weighted by molar-refractivity contribution is 9.10. The summed E-state index contributed by atoms with van der Waals surface area (Å²) in [4.78, 5) is 0. The molecule has 0 saturated carbocycles. The van der Waals surface area contributed by atoms with Gasteiger partial charge in [0.25, 0.3) is 0 Å². The maximum atomic E-state index is 6.80. The third kappa shape index (κ3) is 5.13. The van der Waals surface area contributed by atoms with Gasteiger partial charge in [0.1, 0.15) is 5.75 Å². The van der Waals surface area contributed by atoms with E-state index < -0.39 is 8.32 Å². The molecule has 0 aliphatic heterocycles. The molecule has 0 aliphatic rings. The standard InChI is InChI=1S/C21H28BrClO2Si/c1-7-24-17-11-8-15(9-12-17)20(25-26(5,6)21(2,3)4)18-14-16(22)10-13-19(18)23/h8-14,20H,7H2,1-6H3. The Morgan fingerprint density at radius 2 is 1.69 bits per heavy atom. The third-order valence-corrected chi connectivity index (χ3v) is 10.2. The third-order valence-electron chi connectivity index (χ3n) is 4.95. The van der Waals surface area contributed by atoms with Gasteiger partial charge in [-0.25, -0.2) is 0 Å². The second-order valence-electron chi connectivity index (χ2n) is 7.93. The molecule has 0 saturated heterocycles. The second-order valence-corrected chi connectivity index (χ2v) is 14.0. The van der Waals surface area contributed by atoms with E-state index in [9.17, 15) is 0 Å². The molecule has 0 fully saturated rings. The van der Waals surface area contributed by atoms with Crippen molar-refractivity contribution in [3.8, 4) is 5.75 Å². The van der Waals surface area contributed by atoms with Crippen molar-refractivity contribution in [3.05, 3.63) is 63.1 Å². The molecule has 0 bridgehead atoms. The fourth-order valence-corrected chi connectivity index (χ4v) is 4.20. The van der Waals surface area contributed by atoms with E-state index in [1.807, 2.05) is 31.2 Å². The monoisotopic (exact) mass is 454 g/mol. The molecule has 0 aliphatic carbocycles. The van der Waals surface area contributed by atoms with Crippen LogP contribution in [-0.2, 0) is 4.43 Å². The predicted molar refractivity (Wildman–Crippen MR) is 117 cm³/mol. The van der Waals surface area contributed by atoms with Crippen LogP contribution in [0, 0.1) is 0 Å². The van der Waals surface area contributed by atoms with Gasteiger partial charge in [-0.05, 0) is 61.0 Å². The van der Waals surface area contributed by atoms with Crippen LogP contribution in [-0.4, -0.2) is 14.9 Å². The Labute approximate surface area is 172 Å². The van der Waals surface area contributed by atoms with Crippen molar-refractivity contribution in [2.45, 2.75) is 51.9 Å². The fraction of sp³-hybridized carbons (Fsp3) is 0.429. The van der Waals surface area contributed by atoms with Gasteiger partial charge in [0, 0.05) is 15.1 Å². The van der Waals surface area contributed by atoms with E-state index >= 15 is 0 Å². The average molecular weight is 456 g/mol. The van der Waals surface area contributed by atoms with Crippen LogP contribution in [0.2, 0.25) is 23.2 Å². The zero-order valence-corrected chi connectivity index (χ0v) is 19.7. The van der Waals surface area contributed by atoms with Crippen LogP contribution in [0.1, 0.15) is 44.9 Å².